The molecule has 0 saturated carbocycles. The third-order valence-corrected chi connectivity index (χ3v) is 3.34. The number of nitrogens with zero attached hydrogens (tertiary/aromatic N) is 1. The van der Waals surface area contributed by atoms with Crippen molar-refractivity contribution in [2.75, 3.05) is 7.05 Å². The third kappa shape index (κ3) is 3.59. The van der Waals surface area contributed by atoms with Gasteiger partial charge < -0.3 is 10.6 Å². The van der Waals surface area contributed by atoms with Crippen molar-refractivity contribution in [3.05, 3.63) is 70.7 Å². The van der Waals surface area contributed by atoms with Crippen LogP contribution in [-0.2, 0) is 11.3 Å². The van der Waals surface area contributed by atoms with Crippen molar-refractivity contribution in [1.29, 1.82) is 0 Å². The summed E-state index contributed by atoms with van der Waals surface area (Å²) < 4.78 is 0. The second-order valence-electron chi connectivity index (χ2n) is 4.71. The first-order valence-electron chi connectivity index (χ1n) is 6.38. The lowest BCUT2D eigenvalue weighted by molar-refractivity contribution is -0.131. The van der Waals surface area contributed by atoms with Crippen molar-refractivity contribution in [1.82, 2.24) is 4.90 Å². The summed E-state index contributed by atoms with van der Waals surface area (Å²) in [7, 11) is 1.74. The minimum Gasteiger partial charge on any atom is -0.340 e. The molecule has 0 bridgehead atoms. The minimum atomic E-state index is -0.639. The van der Waals surface area contributed by atoms with Gasteiger partial charge in [0.1, 0.15) is 6.04 Å². The van der Waals surface area contributed by atoms with Crippen molar-refractivity contribution >= 4 is 17.5 Å². The fourth-order valence-corrected chi connectivity index (χ4v) is 2.24. The van der Waals surface area contributed by atoms with Crippen molar-refractivity contribution in [2.24, 2.45) is 5.73 Å². The quantitative estimate of drug-likeness (QED) is 0.940. The number of hydrogen-bond acceptors (Lipinski definition) is 2. The maximum absolute atomic E-state index is 12.3. The lowest BCUT2D eigenvalue weighted by Crippen LogP contribution is -2.35. The molecule has 1 amide bonds. The van der Waals surface area contributed by atoms with Crippen molar-refractivity contribution in [3.63, 3.8) is 0 Å². The molecule has 2 aromatic rings. The van der Waals surface area contributed by atoms with Crippen molar-refractivity contribution in [3.8, 4) is 0 Å². The Labute approximate surface area is 124 Å². The summed E-state index contributed by atoms with van der Waals surface area (Å²) >= 11 is 5.94. The van der Waals surface area contributed by atoms with Crippen LogP contribution in [0.5, 0.6) is 0 Å². The second-order valence-corrected chi connectivity index (χ2v) is 5.15. The number of rotatable bonds is 4. The number of halogens is 1. The number of benzene rings is 2. The van der Waals surface area contributed by atoms with Crippen LogP contribution in [-0.4, -0.2) is 17.9 Å². The molecule has 2 rings (SSSR count). The van der Waals surface area contributed by atoms with E-state index in [4.69, 9.17) is 17.3 Å². The highest BCUT2D eigenvalue weighted by Crippen LogP contribution is 2.16. The molecular formula is C16H17ClN2O. The number of amides is 1. The molecule has 2 aromatic carbocycles. The van der Waals surface area contributed by atoms with E-state index in [9.17, 15) is 4.79 Å². The second kappa shape index (κ2) is 6.55. The maximum atomic E-state index is 12.3. The highest BCUT2D eigenvalue weighted by Gasteiger charge is 2.19. The number of hydrogen-bond donors (Lipinski definition) is 1. The molecule has 0 saturated heterocycles. The molecule has 0 aliphatic heterocycles. The van der Waals surface area contributed by atoms with Crippen molar-refractivity contribution < 1.29 is 4.79 Å². The molecule has 0 aliphatic carbocycles. The van der Waals surface area contributed by atoms with Gasteiger partial charge >= 0.3 is 0 Å². The molecule has 4 heteroatoms. The van der Waals surface area contributed by atoms with E-state index >= 15 is 0 Å². The summed E-state index contributed by atoms with van der Waals surface area (Å²) in [4.78, 5) is 13.9. The minimum absolute atomic E-state index is 0.115. The molecule has 1 atom stereocenters. The van der Waals surface area contributed by atoms with Gasteiger partial charge in [0.25, 0.3) is 0 Å². The summed E-state index contributed by atoms with van der Waals surface area (Å²) in [5.74, 6) is -0.115. The van der Waals surface area contributed by atoms with Crippen LogP contribution < -0.4 is 5.73 Å². The van der Waals surface area contributed by atoms with Crippen LogP contribution in [0.3, 0.4) is 0 Å². The molecule has 2 N–H and O–H groups in total. The van der Waals surface area contributed by atoms with Gasteiger partial charge in [-0.1, -0.05) is 54.1 Å². The van der Waals surface area contributed by atoms with Crippen LogP contribution in [0.1, 0.15) is 17.2 Å². The molecule has 0 spiro atoms. The van der Waals surface area contributed by atoms with Gasteiger partial charge in [-0.2, -0.15) is 0 Å². The fourth-order valence-electron chi connectivity index (χ4n) is 2.03. The Hall–Kier alpha value is -1.84. The van der Waals surface area contributed by atoms with Gasteiger partial charge in [-0.15, -0.1) is 0 Å². The van der Waals surface area contributed by atoms with Crippen LogP contribution in [0, 0.1) is 0 Å². The predicted molar refractivity (Wildman–Crippen MR) is 81.3 cm³/mol. The number of nitrogens with two attached hydrogens (primary N) is 1. The third-order valence-electron chi connectivity index (χ3n) is 3.11. The molecule has 0 unspecified atom stereocenters. The van der Waals surface area contributed by atoms with Crippen LogP contribution in [0.4, 0.5) is 0 Å². The Kier molecular flexibility index (Phi) is 4.77. The molecule has 0 aromatic heterocycles. The van der Waals surface area contributed by atoms with E-state index in [-0.39, 0.29) is 5.91 Å². The van der Waals surface area contributed by atoms with Gasteiger partial charge in [0.15, 0.2) is 0 Å². The molecule has 0 aliphatic rings. The summed E-state index contributed by atoms with van der Waals surface area (Å²) in [5, 5.41) is 0.663. The molecular weight excluding hydrogens is 272 g/mol. The van der Waals surface area contributed by atoms with Gasteiger partial charge in [0.2, 0.25) is 5.91 Å². The van der Waals surface area contributed by atoms with E-state index in [1.165, 1.54) is 0 Å². The molecule has 0 fully saturated rings. The van der Waals surface area contributed by atoms with Gasteiger partial charge in [-0.05, 0) is 23.3 Å². The van der Waals surface area contributed by atoms with Crippen molar-refractivity contribution in [2.45, 2.75) is 12.6 Å². The fraction of sp³-hybridized carbons (Fsp3) is 0.188. The van der Waals surface area contributed by atoms with E-state index in [1.807, 2.05) is 54.6 Å². The summed E-state index contributed by atoms with van der Waals surface area (Å²) in [6, 6.07) is 16.2. The van der Waals surface area contributed by atoms with E-state index in [0.29, 0.717) is 11.6 Å². The Balaban J connectivity index is 2.05. The zero-order valence-electron chi connectivity index (χ0n) is 11.3. The summed E-state index contributed by atoms with van der Waals surface area (Å²) in [6.45, 7) is 0.486. The number of likely N-dealkylation sites (N-methyl/N-ethyl adjacent to an activating group) is 1. The van der Waals surface area contributed by atoms with Gasteiger partial charge in [-0.3, -0.25) is 4.79 Å². The molecule has 0 heterocycles. The van der Waals surface area contributed by atoms with E-state index < -0.39 is 6.04 Å². The Bertz CT molecular complexity index is 586. The SMILES string of the molecule is CN(Cc1cccc(Cl)c1)C(=O)[C@H](N)c1ccccc1. The van der Waals surface area contributed by atoms with Gasteiger partial charge in [-0.25, -0.2) is 0 Å². The van der Waals surface area contributed by atoms with Crippen LogP contribution in [0.2, 0.25) is 5.02 Å². The largest absolute Gasteiger partial charge is 0.340 e. The van der Waals surface area contributed by atoms with Crippen LogP contribution >= 0.6 is 11.6 Å². The Morgan fingerprint density at radius 2 is 1.90 bits per heavy atom. The smallest absolute Gasteiger partial charge is 0.244 e. The lowest BCUT2D eigenvalue weighted by Gasteiger charge is -2.21. The topological polar surface area (TPSA) is 46.3 Å². The average molecular weight is 289 g/mol. The molecule has 104 valence electrons. The highest BCUT2D eigenvalue weighted by atomic mass is 35.5. The summed E-state index contributed by atoms with van der Waals surface area (Å²) in [5.41, 5.74) is 7.80. The summed E-state index contributed by atoms with van der Waals surface area (Å²) in [6.07, 6.45) is 0. The first-order valence-corrected chi connectivity index (χ1v) is 6.75. The van der Waals surface area contributed by atoms with E-state index in [1.54, 1.807) is 11.9 Å². The standard InChI is InChI=1S/C16H17ClN2O/c1-19(11-12-6-5-9-14(17)10-12)16(20)15(18)13-7-3-2-4-8-13/h2-10,15H,11,18H2,1H3/t15-/m1/s1. The number of carbonyl (C=O) groups excluding carboxylic acids is 1. The maximum Gasteiger partial charge on any atom is 0.244 e. The Morgan fingerprint density at radius 1 is 1.20 bits per heavy atom. The zero-order valence-corrected chi connectivity index (χ0v) is 12.0. The first-order chi connectivity index (χ1) is 9.58. The van der Waals surface area contributed by atoms with E-state index in [0.717, 1.165) is 11.1 Å². The predicted octanol–water partition coefficient (Wildman–Crippen LogP) is 3.00. The molecule has 3 nitrogen and oxygen atoms in total. The first kappa shape index (κ1) is 14.6. The molecule has 0 radical (unpaired) electrons. The van der Waals surface area contributed by atoms with Gasteiger partial charge in [0.05, 0.1) is 0 Å². The van der Waals surface area contributed by atoms with E-state index in [2.05, 4.69) is 0 Å². The average Bonchev–Trinajstić information content (AvgIpc) is 2.46. The van der Waals surface area contributed by atoms with Crippen LogP contribution in [0.15, 0.2) is 54.6 Å². The Morgan fingerprint density at radius 3 is 2.55 bits per heavy atom. The van der Waals surface area contributed by atoms with Crippen LogP contribution in [0.25, 0.3) is 0 Å². The monoisotopic (exact) mass is 288 g/mol. The van der Waals surface area contributed by atoms with Gasteiger partial charge in [0, 0.05) is 18.6 Å². The lowest BCUT2D eigenvalue weighted by atomic mass is 10.1. The number of carbonyl (C=O) groups is 1. The molecule has 20 heavy (non-hydrogen) atoms. The normalized spacial score (nSPS) is 11.9. The zero-order chi connectivity index (χ0) is 14.5. The highest BCUT2D eigenvalue weighted by molar-refractivity contribution is 6.30.